The van der Waals surface area contributed by atoms with E-state index in [1.54, 1.807) is 25.6 Å². The zero-order valence-corrected chi connectivity index (χ0v) is 13.4. The van der Waals surface area contributed by atoms with Crippen molar-refractivity contribution in [2.24, 2.45) is 0 Å². The van der Waals surface area contributed by atoms with Crippen LogP contribution in [0.3, 0.4) is 0 Å². The van der Waals surface area contributed by atoms with E-state index in [4.69, 9.17) is 5.11 Å². The van der Waals surface area contributed by atoms with Crippen molar-refractivity contribution in [1.29, 1.82) is 0 Å². The number of sulfonamides is 1. The SMILES string of the molecule is CSCCC(C)NS(=O)(=O)c1cc(C)c(C(=O)O)s1. The van der Waals surface area contributed by atoms with Gasteiger partial charge < -0.3 is 5.11 Å². The summed E-state index contributed by atoms with van der Waals surface area (Å²) in [6.07, 6.45) is 2.69. The molecule has 1 rings (SSSR count). The van der Waals surface area contributed by atoms with Gasteiger partial charge in [0.15, 0.2) is 0 Å². The van der Waals surface area contributed by atoms with Gasteiger partial charge in [0.2, 0.25) is 10.0 Å². The van der Waals surface area contributed by atoms with Crippen molar-refractivity contribution in [2.75, 3.05) is 12.0 Å². The van der Waals surface area contributed by atoms with Gasteiger partial charge in [-0.2, -0.15) is 11.8 Å². The van der Waals surface area contributed by atoms with E-state index in [0.717, 1.165) is 23.5 Å². The second kappa shape index (κ2) is 6.74. The first-order chi connectivity index (χ1) is 8.77. The third-order valence-corrected chi connectivity index (χ3v) is 6.40. The molecule has 1 unspecified atom stereocenters. The largest absolute Gasteiger partial charge is 0.477 e. The molecule has 0 radical (unpaired) electrons. The second-order valence-corrected chi connectivity index (χ2v) is 8.17. The van der Waals surface area contributed by atoms with Gasteiger partial charge in [0.05, 0.1) is 0 Å². The monoisotopic (exact) mass is 323 g/mol. The first kappa shape index (κ1) is 16.5. The topological polar surface area (TPSA) is 83.5 Å². The standard InChI is InChI=1S/C11H17NO4S3/c1-7-6-9(18-10(7)11(13)14)19(15,16)12-8(2)4-5-17-3/h6,8,12H,4-5H2,1-3H3,(H,13,14). The molecule has 1 heterocycles. The Balaban J connectivity index is 2.89. The normalized spacial score (nSPS) is 13.4. The number of carboxylic acid groups (broad SMARTS) is 1. The van der Waals surface area contributed by atoms with E-state index in [2.05, 4.69) is 4.72 Å². The molecule has 0 saturated carbocycles. The number of thioether (sulfide) groups is 1. The van der Waals surface area contributed by atoms with E-state index < -0.39 is 16.0 Å². The van der Waals surface area contributed by atoms with E-state index in [9.17, 15) is 13.2 Å². The number of aromatic carboxylic acids is 1. The van der Waals surface area contributed by atoms with Crippen LogP contribution >= 0.6 is 23.1 Å². The summed E-state index contributed by atoms with van der Waals surface area (Å²) >= 11 is 2.44. The van der Waals surface area contributed by atoms with Gasteiger partial charge in [0.1, 0.15) is 9.09 Å². The van der Waals surface area contributed by atoms with Crippen molar-refractivity contribution in [2.45, 2.75) is 30.5 Å². The Morgan fingerprint density at radius 2 is 2.21 bits per heavy atom. The maximum atomic E-state index is 12.1. The van der Waals surface area contributed by atoms with Crippen LogP contribution in [-0.2, 0) is 10.0 Å². The predicted molar refractivity (Wildman–Crippen MR) is 78.8 cm³/mol. The van der Waals surface area contributed by atoms with Crippen LogP contribution in [0.5, 0.6) is 0 Å². The lowest BCUT2D eigenvalue weighted by Gasteiger charge is -2.12. The fraction of sp³-hybridized carbons (Fsp3) is 0.545. The highest BCUT2D eigenvalue weighted by Gasteiger charge is 2.23. The van der Waals surface area contributed by atoms with Crippen LogP contribution < -0.4 is 4.72 Å². The molecular weight excluding hydrogens is 306 g/mol. The minimum absolute atomic E-state index is 0.0541. The molecule has 108 valence electrons. The van der Waals surface area contributed by atoms with Gasteiger partial charge >= 0.3 is 5.97 Å². The number of carbonyl (C=O) groups is 1. The summed E-state index contributed by atoms with van der Waals surface area (Å²) in [5, 5.41) is 8.94. The van der Waals surface area contributed by atoms with Gasteiger partial charge in [-0.25, -0.2) is 17.9 Å². The zero-order valence-electron chi connectivity index (χ0n) is 11.0. The average Bonchev–Trinajstić information content (AvgIpc) is 2.69. The Labute approximate surface area is 121 Å². The first-order valence-corrected chi connectivity index (χ1v) is 9.32. The first-order valence-electron chi connectivity index (χ1n) is 5.63. The molecule has 5 nitrogen and oxygen atoms in total. The molecule has 0 bridgehead atoms. The van der Waals surface area contributed by atoms with E-state index in [1.807, 2.05) is 6.26 Å². The van der Waals surface area contributed by atoms with Gasteiger partial charge in [-0.3, -0.25) is 0 Å². The molecule has 0 saturated heterocycles. The summed E-state index contributed by atoms with van der Waals surface area (Å²) in [7, 11) is -3.63. The van der Waals surface area contributed by atoms with Crippen LogP contribution in [0.4, 0.5) is 0 Å². The molecule has 8 heteroatoms. The minimum atomic E-state index is -3.63. The van der Waals surface area contributed by atoms with Crippen LogP contribution in [0.15, 0.2) is 10.3 Å². The molecule has 0 aliphatic carbocycles. The molecule has 0 fully saturated rings. The molecular formula is C11H17NO4S3. The molecule has 1 aromatic rings. The molecule has 0 aliphatic rings. The highest BCUT2D eigenvalue weighted by atomic mass is 32.2. The lowest BCUT2D eigenvalue weighted by molar-refractivity contribution is 0.0701. The highest BCUT2D eigenvalue weighted by Crippen LogP contribution is 2.26. The van der Waals surface area contributed by atoms with Crippen molar-refractivity contribution in [3.63, 3.8) is 0 Å². The zero-order chi connectivity index (χ0) is 14.6. The Hall–Kier alpha value is -0.570. The predicted octanol–water partition coefficient (Wildman–Crippen LogP) is 2.17. The Morgan fingerprint density at radius 3 is 2.68 bits per heavy atom. The van der Waals surface area contributed by atoms with Crippen LogP contribution in [0.25, 0.3) is 0 Å². The number of carboxylic acids is 1. The summed E-state index contributed by atoms with van der Waals surface area (Å²) in [6.45, 7) is 3.39. The number of thiophene rings is 1. The number of aryl methyl sites for hydroxylation is 1. The van der Waals surface area contributed by atoms with Crippen LogP contribution in [0, 0.1) is 6.92 Å². The minimum Gasteiger partial charge on any atom is -0.477 e. The van der Waals surface area contributed by atoms with E-state index >= 15 is 0 Å². The lowest BCUT2D eigenvalue weighted by Crippen LogP contribution is -2.32. The lowest BCUT2D eigenvalue weighted by atomic mass is 10.3. The summed E-state index contributed by atoms with van der Waals surface area (Å²) in [4.78, 5) is 11.0. The number of hydrogen-bond acceptors (Lipinski definition) is 5. The summed E-state index contributed by atoms with van der Waals surface area (Å²) in [5.41, 5.74) is 0.467. The highest BCUT2D eigenvalue weighted by molar-refractivity contribution is 7.98. The molecule has 0 spiro atoms. The molecule has 1 aromatic heterocycles. The molecule has 19 heavy (non-hydrogen) atoms. The van der Waals surface area contributed by atoms with Gasteiger partial charge in [0.25, 0.3) is 0 Å². The van der Waals surface area contributed by atoms with Gasteiger partial charge in [-0.1, -0.05) is 0 Å². The average molecular weight is 323 g/mol. The third-order valence-electron chi connectivity index (χ3n) is 2.47. The fourth-order valence-corrected chi connectivity index (χ4v) is 4.74. The van der Waals surface area contributed by atoms with Crippen molar-refractivity contribution in [3.8, 4) is 0 Å². The van der Waals surface area contributed by atoms with Crippen molar-refractivity contribution < 1.29 is 18.3 Å². The summed E-state index contributed by atoms with van der Waals surface area (Å²) in [6, 6.07) is 1.23. The fourth-order valence-electron chi connectivity index (χ4n) is 1.47. The van der Waals surface area contributed by atoms with Crippen molar-refractivity contribution in [1.82, 2.24) is 4.72 Å². The molecule has 0 amide bonds. The smallest absolute Gasteiger partial charge is 0.346 e. The van der Waals surface area contributed by atoms with Crippen LogP contribution in [-0.4, -0.2) is 37.5 Å². The Kier molecular flexibility index (Phi) is 5.84. The van der Waals surface area contributed by atoms with E-state index in [-0.39, 0.29) is 15.1 Å². The summed E-state index contributed by atoms with van der Waals surface area (Å²) < 4.78 is 26.8. The molecule has 0 aliphatic heterocycles. The Bertz CT molecular complexity index is 550. The molecule has 2 N–H and O–H groups in total. The maximum Gasteiger partial charge on any atom is 0.346 e. The Morgan fingerprint density at radius 1 is 1.58 bits per heavy atom. The number of hydrogen-bond donors (Lipinski definition) is 2. The van der Waals surface area contributed by atoms with E-state index in [1.165, 1.54) is 6.07 Å². The quantitative estimate of drug-likeness (QED) is 0.803. The van der Waals surface area contributed by atoms with Gasteiger partial charge in [0, 0.05) is 6.04 Å². The molecule has 1 atom stereocenters. The van der Waals surface area contributed by atoms with Crippen LogP contribution in [0.2, 0.25) is 0 Å². The van der Waals surface area contributed by atoms with Crippen molar-refractivity contribution in [3.05, 3.63) is 16.5 Å². The maximum absolute atomic E-state index is 12.1. The number of rotatable bonds is 7. The van der Waals surface area contributed by atoms with Crippen LogP contribution in [0.1, 0.15) is 28.6 Å². The second-order valence-electron chi connectivity index (χ2n) is 4.19. The number of nitrogens with one attached hydrogen (secondary N) is 1. The molecule has 0 aromatic carbocycles. The van der Waals surface area contributed by atoms with Gasteiger partial charge in [-0.15, -0.1) is 11.3 Å². The van der Waals surface area contributed by atoms with E-state index in [0.29, 0.717) is 5.56 Å². The summed E-state index contributed by atoms with van der Waals surface area (Å²) in [5.74, 6) is -0.229. The third kappa shape index (κ3) is 4.48. The van der Waals surface area contributed by atoms with Gasteiger partial charge in [-0.05, 0) is 43.9 Å². The van der Waals surface area contributed by atoms with Crippen molar-refractivity contribution >= 4 is 39.1 Å².